The minimum absolute atomic E-state index is 0.0325. The summed E-state index contributed by atoms with van der Waals surface area (Å²) >= 11 is 0. The van der Waals surface area contributed by atoms with E-state index in [4.69, 9.17) is 4.42 Å². The molecule has 0 aliphatic heterocycles. The number of nitrogens with one attached hydrogen (secondary N) is 1. The molecule has 0 fully saturated rings. The van der Waals surface area contributed by atoms with Crippen molar-refractivity contribution < 1.29 is 9.21 Å². The molecule has 0 atom stereocenters. The van der Waals surface area contributed by atoms with Crippen molar-refractivity contribution in [2.24, 2.45) is 0 Å². The number of aryl methyl sites for hydroxylation is 1. The van der Waals surface area contributed by atoms with Gasteiger partial charge in [-0.25, -0.2) is 0 Å². The number of carbonyl (C=O) groups is 1. The van der Waals surface area contributed by atoms with Crippen LogP contribution in [0.4, 0.5) is 0 Å². The van der Waals surface area contributed by atoms with Crippen molar-refractivity contribution in [1.29, 1.82) is 0 Å². The number of aromatic nitrogens is 1. The molecule has 0 unspecified atom stereocenters. The summed E-state index contributed by atoms with van der Waals surface area (Å²) in [6.07, 6.45) is 5.97. The van der Waals surface area contributed by atoms with Crippen molar-refractivity contribution in [2.75, 3.05) is 0 Å². The van der Waals surface area contributed by atoms with E-state index in [1.54, 1.807) is 12.3 Å². The van der Waals surface area contributed by atoms with E-state index in [9.17, 15) is 4.79 Å². The van der Waals surface area contributed by atoms with Crippen molar-refractivity contribution >= 4 is 5.91 Å². The highest BCUT2D eigenvalue weighted by Crippen LogP contribution is 1.99. The van der Waals surface area contributed by atoms with Crippen LogP contribution in [0, 0.1) is 0 Å². The van der Waals surface area contributed by atoms with Crippen LogP contribution < -0.4 is 5.32 Å². The zero-order chi connectivity index (χ0) is 11.2. The molecule has 0 aliphatic carbocycles. The zero-order valence-electron chi connectivity index (χ0n) is 8.93. The average Bonchev–Trinajstić information content (AvgIpc) is 2.96. The average molecular weight is 218 g/mol. The predicted octanol–water partition coefficient (Wildman–Crippen LogP) is 1.79. The molecule has 1 amide bonds. The second-order valence-electron chi connectivity index (χ2n) is 3.53. The van der Waals surface area contributed by atoms with Gasteiger partial charge in [-0.3, -0.25) is 4.79 Å². The first-order valence-electron chi connectivity index (χ1n) is 5.24. The third-order valence-electron chi connectivity index (χ3n) is 2.30. The Morgan fingerprint density at radius 2 is 2.12 bits per heavy atom. The van der Waals surface area contributed by atoms with Gasteiger partial charge in [-0.1, -0.05) is 0 Å². The Morgan fingerprint density at radius 3 is 2.81 bits per heavy atom. The first-order valence-corrected chi connectivity index (χ1v) is 5.24. The monoisotopic (exact) mass is 218 g/mol. The highest BCUT2D eigenvalue weighted by Gasteiger charge is 2.02. The topological polar surface area (TPSA) is 47.2 Å². The fourth-order valence-corrected chi connectivity index (χ4v) is 1.44. The predicted molar refractivity (Wildman–Crippen MR) is 59.6 cm³/mol. The van der Waals surface area contributed by atoms with Gasteiger partial charge in [-0.2, -0.15) is 0 Å². The van der Waals surface area contributed by atoms with Crippen LogP contribution in [0.2, 0.25) is 0 Å². The lowest BCUT2D eigenvalue weighted by Crippen LogP contribution is -2.23. The maximum atomic E-state index is 11.5. The van der Waals surface area contributed by atoms with Crippen LogP contribution in [0.15, 0.2) is 47.3 Å². The van der Waals surface area contributed by atoms with E-state index >= 15 is 0 Å². The van der Waals surface area contributed by atoms with E-state index in [0.29, 0.717) is 19.5 Å². The van der Waals surface area contributed by atoms with Crippen LogP contribution in [-0.2, 0) is 17.9 Å². The number of nitrogens with zero attached hydrogens (tertiary/aromatic N) is 1. The Kier molecular flexibility index (Phi) is 3.43. The lowest BCUT2D eigenvalue weighted by Gasteiger charge is -2.04. The summed E-state index contributed by atoms with van der Waals surface area (Å²) in [5.74, 6) is 0.805. The van der Waals surface area contributed by atoms with E-state index in [1.165, 1.54) is 0 Å². The SMILES string of the molecule is O=C(CCn1cccc1)NCc1ccco1. The van der Waals surface area contributed by atoms with Gasteiger partial charge < -0.3 is 14.3 Å². The molecular weight excluding hydrogens is 204 g/mol. The van der Waals surface area contributed by atoms with Gasteiger partial charge in [0.1, 0.15) is 5.76 Å². The maximum absolute atomic E-state index is 11.5. The van der Waals surface area contributed by atoms with Crippen molar-refractivity contribution in [3.05, 3.63) is 48.7 Å². The lowest BCUT2D eigenvalue weighted by atomic mass is 10.3. The number of carbonyl (C=O) groups excluding carboxylic acids is 1. The van der Waals surface area contributed by atoms with Gasteiger partial charge in [0, 0.05) is 25.4 Å². The van der Waals surface area contributed by atoms with Crippen molar-refractivity contribution in [1.82, 2.24) is 9.88 Å². The smallest absolute Gasteiger partial charge is 0.222 e. The summed E-state index contributed by atoms with van der Waals surface area (Å²) in [4.78, 5) is 11.5. The molecule has 4 heteroatoms. The molecule has 84 valence electrons. The van der Waals surface area contributed by atoms with Gasteiger partial charge in [0.2, 0.25) is 5.91 Å². The molecule has 2 aromatic rings. The van der Waals surface area contributed by atoms with Gasteiger partial charge in [0.05, 0.1) is 12.8 Å². The normalized spacial score (nSPS) is 10.2. The highest BCUT2D eigenvalue weighted by atomic mass is 16.3. The zero-order valence-corrected chi connectivity index (χ0v) is 8.93. The molecule has 2 rings (SSSR count). The van der Waals surface area contributed by atoms with Gasteiger partial charge in [-0.05, 0) is 24.3 Å². The molecule has 0 aromatic carbocycles. The van der Waals surface area contributed by atoms with Gasteiger partial charge in [0.15, 0.2) is 0 Å². The molecule has 4 nitrogen and oxygen atoms in total. The van der Waals surface area contributed by atoms with Crippen LogP contribution >= 0.6 is 0 Å². The summed E-state index contributed by atoms with van der Waals surface area (Å²) in [7, 11) is 0. The summed E-state index contributed by atoms with van der Waals surface area (Å²) in [6, 6.07) is 7.54. The third kappa shape index (κ3) is 3.02. The second-order valence-corrected chi connectivity index (χ2v) is 3.53. The van der Waals surface area contributed by atoms with E-state index in [2.05, 4.69) is 5.32 Å². The molecule has 2 heterocycles. The van der Waals surface area contributed by atoms with Crippen molar-refractivity contribution in [2.45, 2.75) is 19.5 Å². The molecule has 2 aromatic heterocycles. The van der Waals surface area contributed by atoms with E-state index < -0.39 is 0 Å². The molecule has 0 radical (unpaired) electrons. The number of hydrogen-bond donors (Lipinski definition) is 1. The second kappa shape index (κ2) is 5.21. The van der Waals surface area contributed by atoms with Gasteiger partial charge >= 0.3 is 0 Å². The first-order chi connectivity index (χ1) is 7.84. The molecular formula is C12H14N2O2. The van der Waals surface area contributed by atoms with Crippen molar-refractivity contribution in [3.8, 4) is 0 Å². The van der Waals surface area contributed by atoms with Crippen LogP contribution in [0.25, 0.3) is 0 Å². The molecule has 0 spiro atoms. The summed E-state index contributed by atoms with van der Waals surface area (Å²) in [5.41, 5.74) is 0. The molecule has 0 saturated carbocycles. The minimum Gasteiger partial charge on any atom is -0.467 e. The van der Waals surface area contributed by atoms with Crippen LogP contribution in [0.1, 0.15) is 12.2 Å². The largest absolute Gasteiger partial charge is 0.467 e. The van der Waals surface area contributed by atoms with Crippen LogP contribution in [0.3, 0.4) is 0 Å². The maximum Gasteiger partial charge on any atom is 0.222 e. The van der Waals surface area contributed by atoms with E-state index in [0.717, 1.165) is 5.76 Å². The standard InChI is InChI=1S/C12H14N2O2/c15-12(5-8-14-6-1-2-7-14)13-10-11-4-3-9-16-11/h1-4,6-7,9H,5,8,10H2,(H,13,15). The molecule has 0 bridgehead atoms. The van der Waals surface area contributed by atoms with Gasteiger partial charge in [0.25, 0.3) is 0 Å². The fourth-order valence-electron chi connectivity index (χ4n) is 1.44. The Hall–Kier alpha value is -1.97. The number of furan rings is 1. The molecule has 0 aliphatic rings. The number of amides is 1. The Bertz CT molecular complexity index is 378. The lowest BCUT2D eigenvalue weighted by molar-refractivity contribution is -0.121. The summed E-state index contributed by atoms with van der Waals surface area (Å²) < 4.78 is 7.09. The van der Waals surface area contributed by atoms with E-state index in [-0.39, 0.29) is 5.91 Å². The minimum atomic E-state index is 0.0325. The fraction of sp³-hybridized carbons (Fsp3) is 0.250. The first kappa shape index (κ1) is 10.5. The number of rotatable bonds is 5. The van der Waals surface area contributed by atoms with Gasteiger partial charge in [-0.15, -0.1) is 0 Å². The van der Waals surface area contributed by atoms with E-state index in [1.807, 2.05) is 35.2 Å². The van der Waals surface area contributed by atoms with Crippen LogP contribution in [-0.4, -0.2) is 10.5 Å². The highest BCUT2D eigenvalue weighted by molar-refractivity contribution is 5.75. The summed E-state index contributed by atoms with van der Waals surface area (Å²) in [5, 5.41) is 2.80. The molecule has 0 saturated heterocycles. The Morgan fingerprint density at radius 1 is 1.31 bits per heavy atom. The molecule has 1 N–H and O–H groups in total. The Balaban J connectivity index is 1.69. The molecule has 16 heavy (non-hydrogen) atoms. The van der Waals surface area contributed by atoms with Crippen molar-refractivity contribution in [3.63, 3.8) is 0 Å². The summed E-state index contributed by atoms with van der Waals surface area (Å²) in [6.45, 7) is 1.16. The quantitative estimate of drug-likeness (QED) is 0.831. The van der Waals surface area contributed by atoms with Crippen LogP contribution in [0.5, 0.6) is 0 Å². The Labute approximate surface area is 93.9 Å². The third-order valence-corrected chi connectivity index (χ3v) is 2.30. The number of hydrogen-bond acceptors (Lipinski definition) is 2.